The third-order valence-corrected chi connectivity index (χ3v) is 6.36. The van der Waals surface area contributed by atoms with Crippen molar-refractivity contribution in [1.82, 2.24) is 24.8 Å². The molecule has 0 bridgehead atoms. The molecule has 1 amide bonds. The standard InChI is InChI=1S/C18H16N6O3S2/c19-16(25)27-18-20-12-6-5-11(9-13(12)29-18)28-17-22-21-14-7-8-15(23-24(14)17)26-10-3-1-2-4-10/h5-10H,1-4H2,(H2,19,25). The van der Waals surface area contributed by atoms with E-state index in [2.05, 4.69) is 20.3 Å². The number of fused-ring (bicyclic) bond motifs is 2. The number of nitrogens with two attached hydrogens (primary N) is 1. The number of primary amides is 1. The van der Waals surface area contributed by atoms with Crippen LogP contribution in [0, 0.1) is 0 Å². The molecule has 0 aliphatic heterocycles. The first kappa shape index (κ1) is 18.1. The largest absolute Gasteiger partial charge is 0.473 e. The average Bonchev–Trinajstić information content (AvgIpc) is 3.41. The van der Waals surface area contributed by atoms with Crippen molar-refractivity contribution in [3.8, 4) is 11.1 Å². The minimum Gasteiger partial charge on any atom is -0.473 e. The van der Waals surface area contributed by atoms with E-state index in [1.807, 2.05) is 30.3 Å². The summed E-state index contributed by atoms with van der Waals surface area (Å²) in [5, 5.41) is 13.8. The van der Waals surface area contributed by atoms with Crippen molar-refractivity contribution < 1.29 is 14.3 Å². The molecule has 148 valence electrons. The van der Waals surface area contributed by atoms with Crippen LogP contribution >= 0.6 is 23.1 Å². The number of ether oxygens (including phenoxy) is 2. The smallest absolute Gasteiger partial charge is 0.411 e. The summed E-state index contributed by atoms with van der Waals surface area (Å²) < 4.78 is 13.4. The van der Waals surface area contributed by atoms with Crippen LogP contribution in [0.25, 0.3) is 15.9 Å². The van der Waals surface area contributed by atoms with Gasteiger partial charge in [0.05, 0.1) is 10.2 Å². The van der Waals surface area contributed by atoms with Gasteiger partial charge < -0.3 is 15.2 Å². The number of amides is 1. The van der Waals surface area contributed by atoms with Crippen molar-refractivity contribution in [2.45, 2.75) is 41.8 Å². The normalized spacial score (nSPS) is 14.6. The molecule has 1 aromatic carbocycles. The minimum absolute atomic E-state index is 0.220. The predicted octanol–water partition coefficient (Wildman–Crippen LogP) is 3.66. The molecule has 0 spiro atoms. The first-order chi connectivity index (χ1) is 14.1. The van der Waals surface area contributed by atoms with Crippen molar-refractivity contribution in [3.05, 3.63) is 30.3 Å². The molecule has 0 radical (unpaired) electrons. The molecular weight excluding hydrogens is 412 g/mol. The van der Waals surface area contributed by atoms with E-state index >= 15 is 0 Å². The lowest BCUT2D eigenvalue weighted by molar-refractivity contribution is 0.198. The van der Waals surface area contributed by atoms with Gasteiger partial charge in [0.1, 0.15) is 6.10 Å². The Hall–Kier alpha value is -2.92. The highest BCUT2D eigenvalue weighted by atomic mass is 32.2. The van der Waals surface area contributed by atoms with E-state index in [9.17, 15) is 4.79 Å². The summed E-state index contributed by atoms with van der Waals surface area (Å²) in [6, 6.07) is 9.41. The Labute approximate surface area is 173 Å². The lowest BCUT2D eigenvalue weighted by Gasteiger charge is -2.11. The zero-order chi connectivity index (χ0) is 19.8. The van der Waals surface area contributed by atoms with Crippen LogP contribution in [0.5, 0.6) is 11.1 Å². The first-order valence-corrected chi connectivity index (χ1v) is 10.7. The summed E-state index contributed by atoms with van der Waals surface area (Å²) in [5.41, 5.74) is 6.43. The van der Waals surface area contributed by atoms with E-state index in [4.69, 9.17) is 15.2 Å². The zero-order valence-corrected chi connectivity index (χ0v) is 16.8. The SMILES string of the molecule is NC(=O)Oc1nc2ccc(Sc3nnc4ccc(OC5CCCC5)nn34)cc2s1. The van der Waals surface area contributed by atoms with E-state index in [1.54, 1.807) is 4.52 Å². The number of nitrogens with zero attached hydrogens (tertiary/aromatic N) is 5. The molecule has 1 saturated carbocycles. The van der Waals surface area contributed by atoms with Crippen LogP contribution in [-0.4, -0.2) is 37.0 Å². The van der Waals surface area contributed by atoms with E-state index in [-0.39, 0.29) is 11.3 Å². The highest BCUT2D eigenvalue weighted by Gasteiger charge is 2.18. The number of rotatable bonds is 5. The monoisotopic (exact) mass is 428 g/mol. The molecule has 29 heavy (non-hydrogen) atoms. The average molecular weight is 428 g/mol. The Bertz CT molecular complexity index is 1200. The quantitative estimate of drug-likeness (QED) is 0.512. The van der Waals surface area contributed by atoms with Gasteiger partial charge in [-0.3, -0.25) is 0 Å². The second-order valence-corrected chi connectivity index (χ2v) is 8.61. The second kappa shape index (κ2) is 7.48. The van der Waals surface area contributed by atoms with Gasteiger partial charge in [-0.15, -0.1) is 15.3 Å². The third kappa shape index (κ3) is 3.83. The maximum absolute atomic E-state index is 10.9. The van der Waals surface area contributed by atoms with Gasteiger partial charge in [0.25, 0.3) is 5.19 Å². The molecule has 1 aliphatic rings. The Morgan fingerprint density at radius 3 is 2.90 bits per heavy atom. The fourth-order valence-electron chi connectivity index (χ4n) is 3.24. The van der Waals surface area contributed by atoms with Gasteiger partial charge >= 0.3 is 6.09 Å². The molecule has 11 heteroatoms. The molecule has 2 N–H and O–H groups in total. The zero-order valence-electron chi connectivity index (χ0n) is 15.1. The van der Waals surface area contributed by atoms with Crippen molar-refractivity contribution in [1.29, 1.82) is 0 Å². The number of hydrogen-bond donors (Lipinski definition) is 1. The van der Waals surface area contributed by atoms with Crippen LogP contribution in [0.4, 0.5) is 4.79 Å². The molecule has 9 nitrogen and oxygen atoms in total. The maximum Gasteiger partial charge on any atom is 0.411 e. The molecule has 1 fully saturated rings. The van der Waals surface area contributed by atoms with E-state index < -0.39 is 6.09 Å². The van der Waals surface area contributed by atoms with Gasteiger partial charge in [-0.1, -0.05) is 11.3 Å². The molecule has 0 atom stereocenters. The second-order valence-electron chi connectivity index (χ2n) is 6.58. The van der Waals surface area contributed by atoms with Gasteiger partial charge in [-0.2, -0.15) is 4.52 Å². The van der Waals surface area contributed by atoms with Crippen LogP contribution in [0.15, 0.2) is 40.4 Å². The summed E-state index contributed by atoms with van der Waals surface area (Å²) >= 11 is 2.68. The molecule has 5 rings (SSSR count). The van der Waals surface area contributed by atoms with Crippen molar-refractivity contribution >= 4 is 45.1 Å². The van der Waals surface area contributed by atoms with Gasteiger partial charge in [-0.05, 0) is 61.7 Å². The summed E-state index contributed by atoms with van der Waals surface area (Å²) in [5.74, 6) is 0.581. The summed E-state index contributed by atoms with van der Waals surface area (Å²) in [7, 11) is 0. The van der Waals surface area contributed by atoms with Crippen molar-refractivity contribution in [3.63, 3.8) is 0 Å². The number of aromatic nitrogens is 5. The third-order valence-electron chi connectivity index (χ3n) is 4.54. The number of benzene rings is 1. The Balaban J connectivity index is 1.40. The Morgan fingerprint density at radius 1 is 1.21 bits per heavy atom. The Kier molecular flexibility index (Phi) is 4.68. The number of carbonyl (C=O) groups is 1. The lowest BCUT2D eigenvalue weighted by atomic mass is 10.3. The minimum atomic E-state index is -0.879. The molecule has 0 saturated heterocycles. The van der Waals surface area contributed by atoms with Crippen LogP contribution in [0.2, 0.25) is 0 Å². The van der Waals surface area contributed by atoms with Crippen LogP contribution in [0.3, 0.4) is 0 Å². The molecular formula is C18H16N6O3S2. The number of carbonyl (C=O) groups excluding carboxylic acids is 1. The van der Waals surface area contributed by atoms with Crippen molar-refractivity contribution in [2.75, 3.05) is 0 Å². The number of thiazole rings is 1. The predicted molar refractivity (Wildman–Crippen MR) is 108 cm³/mol. The topological polar surface area (TPSA) is 118 Å². The van der Waals surface area contributed by atoms with Gasteiger partial charge in [-0.25, -0.2) is 9.78 Å². The summed E-state index contributed by atoms with van der Waals surface area (Å²) in [6.45, 7) is 0. The van der Waals surface area contributed by atoms with Crippen LogP contribution in [0.1, 0.15) is 25.7 Å². The molecule has 3 heterocycles. The lowest BCUT2D eigenvalue weighted by Crippen LogP contribution is -2.15. The van der Waals surface area contributed by atoms with Crippen LogP contribution < -0.4 is 15.2 Å². The van der Waals surface area contributed by atoms with Gasteiger partial charge in [0.2, 0.25) is 11.0 Å². The van der Waals surface area contributed by atoms with Crippen molar-refractivity contribution in [2.24, 2.45) is 5.73 Å². The summed E-state index contributed by atoms with van der Waals surface area (Å²) in [6.07, 6.45) is 3.90. The molecule has 3 aromatic heterocycles. The van der Waals surface area contributed by atoms with E-state index in [1.165, 1.54) is 35.9 Å². The van der Waals surface area contributed by atoms with Gasteiger partial charge in [0, 0.05) is 11.0 Å². The molecule has 4 aromatic rings. The highest BCUT2D eigenvalue weighted by molar-refractivity contribution is 7.99. The first-order valence-electron chi connectivity index (χ1n) is 9.09. The number of hydrogen-bond acceptors (Lipinski definition) is 9. The fraction of sp³-hybridized carbons (Fsp3) is 0.278. The van der Waals surface area contributed by atoms with Gasteiger partial charge in [0.15, 0.2) is 5.65 Å². The fourth-order valence-corrected chi connectivity index (χ4v) is 5.00. The Morgan fingerprint density at radius 2 is 2.07 bits per heavy atom. The maximum atomic E-state index is 10.9. The molecule has 0 unspecified atom stereocenters. The van der Waals surface area contributed by atoms with Crippen LogP contribution in [-0.2, 0) is 0 Å². The molecule has 1 aliphatic carbocycles. The summed E-state index contributed by atoms with van der Waals surface area (Å²) in [4.78, 5) is 16.1. The van der Waals surface area contributed by atoms with E-state index in [0.717, 1.165) is 28.0 Å². The van der Waals surface area contributed by atoms with E-state index in [0.29, 0.717) is 16.7 Å². The highest BCUT2D eigenvalue weighted by Crippen LogP contribution is 2.34.